The number of aromatic nitrogens is 1. The number of nitrogens with zero attached hydrogens (tertiary/aromatic N) is 4. The largest absolute Gasteiger partial charge is 1.00 e. The number of nitrogens with one attached hydrogen (secondary N) is 1. The molecule has 0 unspecified atom stereocenters. The highest BCUT2D eigenvalue weighted by Gasteiger charge is 2.47. The number of sulfonamides is 1. The minimum atomic E-state index is -4.28. The normalized spacial score (nSPS) is 16.3. The molecular formula is C36H51Cl5N6O5S. The van der Waals surface area contributed by atoms with Gasteiger partial charge in [0.15, 0.2) is 0 Å². The number of benzene rings is 2. The van der Waals surface area contributed by atoms with Crippen molar-refractivity contribution in [2.75, 3.05) is 53.9 Å². The molecule has 2 heterocycles. The van der Waals surface area contributed by atoms with E-state index >= 15 is 0 Å². The number of carbonyl (C=O) groups excluding carboxylic acids is 2. The van der Waals surface area contributed by atoms with Crippen molar-refractivity contribution in [2.24, 2.45) is 5.73 Å². The Morgan fingerprint density at radius 3 is 2.26 bits per heavy atom. The first-order chi connectivity index (χ1) is 23.5. The SMILES string of the molecule is Cc1cc(C)c2cccc(OCc3c(Cl)ccc(S(=O)(=O)NC4(C(=O)N5CCN(C(=O)[C@@H](N)CCC[N+](C)(C)C)CC5)CCCC4)c3Cl)c2n1.Cl.Cl.[Cl-]. The third-order valence-corrected chi connectivity index (χ3v) is 12.2. The van der Waals surface area contributed by atoms with E-state index in [0.29, 0.717) is 75.1 Å². The Morgan fingerprint density at radius 2 is 1.64 bits per heavy atom. The van der Waals surface area contributed by atoms with E-state index in [0.717, 1.165) is 34.1 Å². The Balaban J connectivity index is 0.00000324. The van der Waals surface area contributed by atoms with E-state index in [9.17, 15) is 18.0 Å². The van der Waals surface area contributed by atoms with Gasteiger partial charge in [-0.2, -0.15) is 4.72 Å². The van der Waals surface area contributed by atoms with Crippen LogP contribution in [0.15, 0.2) is 41.3 Å². The first-order valence-corrected chi connectivity index (χ1v) is 19.4. The van der Waals surface area contributed by atoms with E-state index in [1.807, 2.05) is 32.0 Å². The van der Waals surface area contributed by atoms with E-state index in [1.165, 1.54) is 12.1 Å². The second-order valence-corrected chi connectivity index (χ2v) is 17.1. The Kier molecular flexibility index (Phi) is 17.0. The number of hydrogen-bond donors (Lipinski definition) is 2. The zero-order valence-corrected chi connectivity index (χ0v) is 35.5. The third kappa shape index (κ3) is 11.0. The predicted octanol–water partition coefficient (Wildman–Crippen LogP) is 2.66. The van der Waals surface area contributed by atoms with Crippen LogP contribution in [0.5, 0.6) is 5.75 Å². The molecule has 0 spiro atoms. The molecular weight excluding hydrogens is 806 g/mol. The summed E-state index contributed by atoms with van der Waals surface area (Å²) in [5, 5.41) is 1.12. The molecule has 11 nitrogen and oxygen atoms in total. The number of quaternary nitrogens is 1. The Hall–Kier alpha value is -2.13. The molecule has 5 rings (SSSR count). The number of pyridine rings is 1. The maximum absolute atomic E-state index is 14.1. The number of piperazine rings is 1. The lowest BCUT2D eigenvalue weighted by Gasteiger charge is -2.40. The van der Waals surface area contributed by atoms with Crippen LogP contribution in [0.1, 0.15) is 55.3 Å². The first-order valence-electron chi connectivity index (χ1n) is 17.2. The summed E-state index contributed by atoms with van der Waals surface area (Å²) in [5.41, 5.74) is 7.82. The van der Waals surface area contributed by atoms with E-state index in [2.05, 4.69) is 30.8 Å². The summed E-state index contributed by atoms with van der Waals surface area (Å²) >= 11 is 13.3. The number of aryl methyl sites for hydroxylation is 2. The molecule has 2 amide bonds. The molecule has 0 radical (unpaired) electrons. The van der Waals surface area contributed by atoms with Crippen LogP contribution in [0.25, 0.3) is 10.9 Å². The lowest BCUT2D eigenvalue weighted by atomic mass is 9.96. The summed E-state index contributed by atoms with van der Waals surface area (Å²) in [5.74, 6) is 0.112. The average molecular weight is 857 g/mol. The number of carbonyl (C=O) groups is 2. The van der Waals surface area contributed by atoms with Gasteiger partial charge in [0.2, 0.25) is 21.8 Å². The minimum Gasteiger partial charge on any atom is -1.00 e. The minimum absolute atomic E-state index is 0. The van der Waals surface area contributed by atoms with Gasteiger partial charge in [-0.25, -0.2) is 13.4 Å². The van der Waals surface area contributed by atoms with Gasteiger partial charge in [-0.3, -0.25) is 9.59 Å². The van der Waals surface area contributed by atoms with Crippen LogP contribution in [0, 0.1) is 13.8 Å². The van der Waals surface area contributed by atoms with Gasteiger partial charge in [-0.1, -0.05) is 48.2 Å². The molecule has 1 aromatic heterocycles. The molecule has 17 heteroatoms. The molecule has 2 aliphatic rings. The van der Waals surface area contributed by atoms with Crippen LogP contribution in [-0.2, 0) is 26.2 Å². The van der Waals surface area contributed by atoms with Gasteiger partial charge in [0.05, 0.1) is 38.8 Å². The van der Waals surface area contributed by atoms with E-state index < -0.39 is 21.6 Å². The highest BCUT2D eigenvalue weighted by molar-refractivity contribution is 7.89. The van der Waals surface area contributed by atoms with Crippen molar-refractivity contribution < 1.29 is 39.6 Å². The van der Waals surface area contributed by atoms with Gasteiger partial charge >= 0.3 is 0 Å². The predicted molar refractivity (Wildman–Crippen MR) is 211 cm³/mol. The topological polar surface area (TPSA) is 135 Å². The van der Waals surface area contributed by atoms with Gasteiger partial charge in [0.25, 0.3) is 0 Å². The fourth-order valence-electron chi connectivity index (χ4n) is 6.96. The molecule has 0 bridgehead atoms. The van der Waals surface area contributed by atoms with Gasteiger partial charge in [0.1, 0.15) is 28.3 Å². The highest BCUT2D eigenvalue weighted by Crippen LogP contribution is 2.37. The summed E-state index contributed by atoms with van der Waals surface area (Å²) in [7, 11) is 2.03. The summed E-state index contributed by atoms with van der Waals surface area (Å²) in [6.07, 6.45) is 3.54. The van der Waals surface area contributed by atoms with Crippen molar-refractivity contribution in [1.29, 1.82) is 0 Å². The molecule has 3 aromatic rings. The second kappa shape index (κ2) is 19.1. The van der Waals surface area contributed by atoms with Crippen molar-refractivity contribution in [1.82, 2.24) is 19.5 Å². The Bertz CT molecular complexity index is 1860. The molecule has 1 saturated carbocycles. The third-order valence-electron chi connectivity index (χ3n) is 9.69. The molecule has 296 valence electrons. The summed E-state index contributed by atoms with van der Waals surface area (Å²) < 4.78 is 37.8. The van der Waals surface area contributed by atoms with Crippen LogP contribution in [0.4, 0.5) is 0 Å². The zero-order chi connectivity index (χ0) is 36.4. The quantitative estimate of drug-likeness (QED) is 0.268. The van der Waals surface area contributed by atoms with E-state index in [4.69, 9.17) is 33.7 Å². The highest BCUT2D eigenvalue weighted by atomic mass is 35.5. The van der Waals surface area contributed by atoms with E-state index in [-0.39, 0.29) is 70.6 Å². The molecule has 2 aromatic carbocycles. The lowest BCUT2D eigenvalue weighted by Crippen LogP contribution is -3.00. The fourth-order valence-corrected chi connectivity index (χ4v) is 9.27. The van der Waals surface area contributed by atoms with Gasteiger partial charge < -0.3 is 37.2 Å². The monoisotopic (exact) mass is 854 g/mol. The number of amides is 2. The van der Waals surface area contributed by atoms with Crippen molar-refractivity contribution in [2.45, 2.75) is 75.5 Å². The number of nitrogens with two attached hydrogens (primary N) is 1. The number of hydrogen-bond acceptors (Lipinski definition) is 7. The molecule has 1 aliphatic carbocycles. The molecule has 53 heavy (non-hydrogen) atoms. The van der Waals surface area contributed by atoms with Crippen LogP contribution < -0.4 is 27.6 Å². The molecule has 1 atom stereocenters. The van der Waals surface area contributed by atoms with Crippen LogP contribution in [-0.4, -0.2) is 105 Å². The van der Waals surface area contributed by atoms with Crippen LogP contribution >= 0.6 is 48.0 Å². The van der Waals surface area contributed by atoms with Crippen LogP contribution in [0.3, 0.4) is 0 Å². The van der Waals surface area contributed by atoms with Crippen molar-refractivity contribution in [3.63, 3.8) is 0 Å². The fraction of sp³-hybridized carbons (Fsp3) is 0.528. The van der Waals surface area contributed by atoms with Gasteiger partial charge in [-0.15, -0.1) is 24.8 Å². The second-order valence-electron chi connectivity index (χ2n) is 14.6. The summed E-state index contributed by atoms with van der Waals surface area (Å²) in [6.45, 7) is 6.01. The molecule has 2 fully saturated rings. The Morgan fingerprint density at radius 1 is 1.02 bits per heavy atom. The Labute approximate surface area is 342 Å². The zero-order valence-electron chi connectivity index (χ0n) is 30.8. The number of fused-ring (bicyclic) bond motifs is 1. The van der Waals surface area contributed by atoms with E-state index in [1.54, 1.807) is 15.9 Å². The smallest absolute Gasteiger partial charge is 0.243 e. The van der Waals surface area contributed by atoms with Crippen molar-refractivity contribution in [3.8, 4) is 5.75 Å². The summed E-state index contributed by atoms with van der Waals surface area (Å²) in [4.78, 5) is 35.0. The standard InChI is InChI=1S/C36H49Cl2N6O5S.3ClH/c1-24-22-25(2)40-33-26(24)10-8-12-30(33)49-23-27-28(37)13-14-31(32(27)38)50(47,48)41-36(15-6-7-16-36)35(46)43-19-17-42(18-20-43)34(45)29(39)11-9-21-44(3,4)5;;;/h8,10,12-14,22,29,41H,6-7,9,11,15-21,23,39H2,1-5H3;3*1H/q+1;;;/p-1/t29-;;;/m0.../s1. The number of ether oxygens (including phenoxy) is 1. The van der Waals surface area contributed by atoms with Crippen molar-refractivity contribution in [3.05, 3.63) is 63.3 Å². The number of para-hydroxylation sites is 1. The van der Waals surface area contributed by atoms with Gasteiger partial charge in [0, 0.05) is 47.8 Å². The number of halogens is 5. The van der Waals surface area contributed by atoms with Gasteiger partial charge in [-0.05, 0) is 69.4 Å². The van der Waals surface area contributed by atoms with Crippen LogP contribution in [0.2, 0.25) is 10.0 Å². The summed E-state index contributed by atoms with van der Waals surface area (Å²) in [6, 6.07) is 9.87. The maximum Gasteiger partial charge on any atom is 0.243 e. The maximum atomic E-state index is 14.1. The number of rotatable bonds is 12. The average Bonchev–Trinajstić information content (AvgIpc) is 3.52. The molecule has 1 saturated heterocycles. The molecule has 3 N–H and O–H groups in total. The first kappa shape index (κ1) is 47.0. The van der Waals surface area contributed by atoms with Crippen molar-refractivity contribution >= 4 is 80.8 Å². The lowest BCUT2D eigenvalue weighted by molar-refractivity contribution is -0.870. The molecule has 1 aliphatic heterocycles.